The SMILES string of the molecule is CCC1(CC)C=CC2N(c3ccccc3)c3nc(-c4ccccc4)c(-c4ccccc4)nc3N2c2ccccc21. The number of allylic oxidation sites excluding steroid dienone is 1. The van der Waals surface area contributed by atoms with E-state index in [9.17, 15) is 0 Å². The average molecular weight is 521 g/mol. The summed E-state index contributed by atoms with van der Waals surface area (Å²) in [6, 6.07) is 40.3. The highest BCUT2D eigenvalue weighted by Gasteiger charge is 2.44. The minimum Gasteiger partial charge on any atom is -0.298 e. The summed E-state index contributed by atoms with van der Waals surface area (Å²) in [5.74, 6) is 1.75. The number of benzene rings is 4. The predicted octanol–water partition coefficient (Wildman–Crippen LogP) is 9.05. The first-order chi connectivity index (χ1) is 19.7. The lowest BCUT2D eigenvalue weighted by Crippen LogP contribution is -2.36. The van der Waals surface area contributed by atoms with Crippen molar-refractivity contribution >= 4 is 23.0 Å². The van der Waals surface area contributed by atoms with E-state index in [0.717, 1.165) is 52.7 Å². The van der Waals surface area contributed by atoms with Crippen LogP contribution in [0.2, 0.25) is 0 Å². The topological polar surface area (TPSA) is 32.3 Å². The van der Waals surface area contributed by atoms with Gasteiger partial charge < -0.3 is 0 Å². The van der Waals surface area contributed by atoms with Crippen molar-refractivity contribution in [3.05, 3.63) is 133 Å². The highest BCUT2D eigenvalue weighted by Crippen LogP contribution is 2.53. The van der Waals surface area contributed by atoms with Crippen LogP contribution in [0, 0.1) is 0 Å². The Morgan fingerprint density at radius 1 is 0.600 bits per heavy atom. The van der Waals surface area contributed by atoms with Crippen LogP contribution in [0.25, 0.3) is 22.5 Å². The number of para-hydroxylation sites is 2. The smallest absolute Gasteiger partial charge is 0.179 e. The highest BCUT2D eigenvalue weighted by atomic mass is 15.5. The molecule has 0 N–H and O–H groups in total. The molecule has 1 atom stereocenters. The molecule has 1 unspecified atom stereocenters. The standard InChI is InChI=1S/C36H32N4/c1-3-36(4-2)25-24-31-39(28-20-12-7-13-21-28)34-35(40(31)30-23-15-14-22-29(30)36)38-33(27-18-10-6-11-19-27)32(37-34)26-16-8-5-9-17-26/h5-25,31H,3-4H2,1-2H3. The van der Waals surface area contributed by atoms with Gasteiger partial charge in [0.15, 0.2) is 11.6 Å². The van der Waals surface area contributed by atoms with E-state index in [1.165, 1.54) is 11.3 Å². The largest absolute Gasteiger partial charge is 0.298 e. The molecule has 1 aromatic heterocycles. The van der Waals surface area contributed by atoms with E-state index in [2.05, 4.69) is 139 Å². The van der Waals surface area contributed by atoms with E-state index in [0.29, 0.717) is 0 Å². The normalized spacial score (nSPS) is 16.7. The molecular formula is C36H32N4. The van der Waals surface area contributed by atoms with Crippen LogP contribution in [0.4, 0.5) is 23.0 Å². The van der Waals surface area contributed by atoms with Crippen LogP contribution in [0.3, 0.4) is 0 Å². The Kier molecular flexibility index (Phi) is 5.96. The fourth-order valence-corrected chi connectivity index (χ4v) is 6.33. The first kappa shape index (κ1) is 24.3. The molecule has 2 aliphatic rings. The molecule has 4 heteroatoms. The number of fused-ring (bicyclic) bond motifs is 5. The molecule has 3 heterocycles. The van der Waals surface area contributed by atoms with Crippen LogP contribution in [0.1, 0.15) is 32.3 Å². The molecule has 0 fully saturated rings. The van der Waals surface area contributed by atoms with Gasteiger partial charge in [-0.25, -0.2) is 9.97 Å². The molecule has 5 aromatic rings. The van der Waals surface area contributed by atoms with Gasteiger partial charge in [0, 0.05) is 27.9 Å². The molecule has 0 amide bonds. The molecule has 0 spiro atoms. The van der Waals surface area contributed by atoms with Gasteiger partial charge in [0.2, 0.25) is 0 Å². The zero-order valence-electron chi connectivity index (χ0n) is 22.9. The molecule has 196 valence electrons. The molecule has 0 radical (unpaired) electrons. The maximum atomic E-state index is 5.49. The Hall–Kier alpha value is -4.70. The maximum absolute atomic E-state index is 5.49. The molecule has 4 nitrogen and oxygen atoms in total. The molecular weight excluding hydrogens is 488 g/mol. The number of hydrogen-bond acceptors (Lipinski definition) is 4. The molecule has 7 rings (SSSR count). The molecule has 0 saturated carbocycles. The predicted molar refractivity (Wildman–Crippen MR) is 165 cm³/mol. The third kappa shape index (κ3) is 3.75. The fourth-order valence-electron chi connectivity index (χ4n) is 6.33. The number of anilines is 4. The van der Waals surface area contributed by atoms with E-state index >= 15 is 0 Å². The second-order valence-electron chi connectivity index (χ2n) is 10.5. The summed E-state index contributed by atoms with van der Waals surface area (Å²) in [4.78, 5) is 15.7. The molecule has 40 heavy (non-hydrogen) atoms. The summed E-state index contributed by atoms with van der Waals surface area (Å²) in [5, 5.41) is 0. The van der Waals surface area contributed by atoms with Crippen molar-refractivity contribution in [2.24, 2.45) is 0 Å². The quantitative estimate of drug-likeness (QED) is 0.216. The summed E-state index contributed by atoms with van der Waals surface area (Å²) in [6.45, 7) is 4.59. The van der Waals surface area contributed by atoms with Gasteiger partial charge in [-0.05, 0) is 42.7 Å². The van der Waals surface area contributed by atoms with Crippen molar-refractivity contribution < 1.29 is 0 Å². The zero-order chi connectivity index (χ0) is 27.1. The van der Waals surface area contributed by atoms with Crippen LogP contribution in [0.15, 0.2) is 127 Å². The first-order valence-electron chi connectivity index (χ1n) is 14.2. The van der Waals surface area contributed by atoms with Crippen LogP contribution >= 0.6 is 0 Å². The molecule has 0 bridgehead atoms. The van der Waals surface area contributed by atoms with Gasteiger partial charge in [-0.2, -0.15) is 0 Å². The average Bonchev–Trinajstić information content (AvgIpc) is 3.27. The van der Waals surface area contributed by atoms with E-state index in [1.807, 2.05) is 12.1 Å². The fraction of sp³-hybridized carbons (Fsp3) is 0.167. The van der Waals surface area contributed by atoms with Crippen LogP contribution in [-0.4, -0.2) is 16.1 Å². The van der Waals surface area contributed by atoms with Gasteiger partial charge in [0.25, 0.3) is 0 Å². The van der Waals surface area contributed by atoms with E-state index in [-0.39, 0.29) is 11.6 Å². The van der Waals surface area contributed by atoms with Crippen LogP contribution in [-0.2, 0) is 5.41 Å². The summed E-state index contributed by atoms with van der Waals surface area (Å²) < 4.78 is 0. The minimum atomic E-state index is -0.0897. The summed E-state index contributed by atoms with van der Waals surface area (Å²) >= 11 is 0. The minimum absolute atomic E-state index is 0.0386. The Bertz CT molecular complexity index is 1670. The lowest BCUT2D eigenvalue weighted by atomic mass is 9.75. The van der Waals surface area contributed by atoms with Gasteiger partial charge in [-0.15, -0.1) is 0 Å². The molecule has 0 aliphatic carbocycles. The maximum Gasteiger partial charge on any atom is 0.179 e. The third-order valence-corrected chi connectivity index (χ3v) is 8.52. The Labute approximate surface area is 236 Å². The van der Waals surface area contributed by atoms with Crippen molar-refractivity contribution in [3.8, 4) is 22.5 Å². The second kappa shape index (κ2) is 9.80. The van der Waals surface area contributed by atoms with Crippen LogP contribution in [0.5, 0.6) is 0 Å². The Morgan fingerprint density at radius 2 is 1.10 bits per heavy atom. The van der Waals surface area contributed by atoms with Crippen molar-refractivity contribution in [3.63, 3.8) is 0 Å². The third-order valence-electron chi connectivity index (χ3n) is 8.52. The van der Waals surface area contributed by atoms with Crippen LogP contribution < -0.4 is 9.80 Å². The van der Waals surface area contributed by atoms with E-state index < -0.39 is 0 Å². The summed E-state index contributed by atoms with van der Waals surface area (Å²) in [5.41, 5.74) is 7.49. The van der Waals surface area contributed by atoms with Crippen molar-refractivity contribution in [2.45, 2.75) is 38.3 Å². The summed E-state index contributed by atoms with van der Waals surface area (Å²) in [7, 11) is 0. The van der Waals surface area contributed by atoms with Gasteiger partial charge in [0.1, 0.15) is 6.17 Å². The number of aromatic nitrogens is 2. The van der Waals surface area contributed by atoms with E-state index in [4.69, 9.17) is 9.97 Å². The molecule has 2 aliphatic heterocycles. The lowest BCUT2D eigenvalue weighted by molar-refractivity contribution is 0.499. The second-order valence-corrected chi connectivity index (χ2v) is 10.5. The number of rotatable bonds is 5. The molecule has 0 saturated heterocycles. The number of hydrogen-bond donors (Lipinski definition) is 0. The highest BCUT2D eigenvalue weighted by molar-refractivity contribution is 5.91. The first-order valence-corrected chi connectivity index (χ1v) is 14.2. The van der Waals surface area contributed by atoms with Gasteiger partial charge in [0.05, 0.1) is 11.4 Å². The van der Waals surface area contributed by atoms with Gasteiger partial charge in [-0.3, -0.25) is 9.80 Å². The van der Waals surface area contributed by atoms with Gasteiger partial charge >= 0.3 is 0 Å². The zero-order valence-corrected chi connectivity index (χ0v) is 22.9. The van der Waals surface area contributed by atoms with E-state index in [1.54, 1.807) is 0 Å². The molecule has 4 aromatic carbocycles. The number of nitrogens with zero attached hydrogens (tertiary/aromatic N) is 4. The lowest BCUT2D eigenvalue weighted by Gasteiger charge is -2.32. The summed E-state index contributed by atoms with van der Waals surface area (Å²) in [6.07, 6.45) is 6.78. The Morgan fingerprint density at radius 3 is 1.68 bits per heavy atom. The van der Waals surface area contributed by atoms with Crippen molar-refractivity contribution in [1.29, 1.82) is 0 Å². The van der Waals surface area contributed by atoms with Crippen molar-refractivity contribution in [2.75, 3.05) is 9.80 Å². The monoisotopic (exact) mass is 520 g/mol. The van der Waals surface area contributed by atoms with Gasteiger partial charge in [-0.1, -0.05) is 117 Å². The van der Waals surface area contributed by atoms with Crippen molar-refractivity contribution in [1.82, 2.24) is 9.97 Å². The Balaban J connectivity index is 1.55.